The van der Waals surface area contributed by atoms with E-state index < -0.39 is 11.6 Å². The lowest BCUT2D eigenvalue weighted by molar-refractivity contribution is -0.131. The summed E-state index contributed by atoms with van der Waals surface area (Å²) in [7, 11) is 3.13. The van der Waals surface area contributed by atoms with Gasteiger partial charge in [0.05, 0.1) is 31.0 Å². The molecule has 1 saturated heterocycles. The third-order valence-electron chi connectivity index (χ3n) is 4.98. The van der Waals surface area contributed by atoms with Crippen LogP contribution in [0.1, 0.15) is 17.5 Å². The Bertz CT molecular complexity index is 1060. The number of hydrogen-bond donors (Lipinski definition) is 1. The Morgan fingerprint density at radius 2 is 1.86 bits per heavy atom. The lowest BCUT2D eigenvalue weighted by atomic mass is 9.92. The molecule has 3 amide bonds. The third kappa shape index (κ3) is 3.51. The zero-order chi connectivity index (χ0) is 20.6. The highest BCUT2D eigenvalue weighted by molar-refractivity contribution is 7.18. The molecule has 1 aromatic heterocycles. The van der Waals surface area contributed by atoms with Crippen LogP contribution in [0.3, 0.4) is 0 Å². The van der Waals surface area contributed by atoms with E-state index in [-0.39, 0.29) is 12.5 Å². The fraction of sp³-hybridized carbons (Fsp3) is 0.286. The smallest absolute Gasteiger partial charge is 0.325 e. The van der Waals surface area contributed by atoms with Crippen LogP contribution in [0.15, 0.2) is 42.5 Å². The predicted molar refractivity (Wildman–Crippen MR) is 110 cm³/mol. The lowest BCUT2D eigenvalue weighted by Crippen LogP contribution is -2.45. The summed E-state index contributed by atoms with van der Waals surface area (Å²) in [5.41, 5.74) is 0.696. The molecule has 0 radical (unpaired) electrons. The van der Waals surface area contributed by atoms with Gasteiger partial charge in [0.25, 0.3) is 5.91 Å². The molecule has 3 aromatic rings. The molecule has 1 aliphatic rings. The first-order valence-corrected chi connectivity index (χ1v) is 9.94. The van der Waals surface area contributed by atoms with Crippen molar-refractivity contribution in [2.45, 2.75) is 25.4 Å². The van der Waals surface area contributed by atoms with Crippen molar-refractivity contribution in [2.24, 2.45) is 0 Å². The maximum Gasteiger partial charge on any atom is 0.325 e. The summed E-state index contributed by atoms with van der Waals surface area (Å²) >= 11 is 1.49. The summed E-state index contributed by atoms with van der Waals surface area (Å²) < 4.78 is 11.6. The molecule has 0 unspecified atom stereocenters. The first-order chi connectivity index (χ1) is 13.9. The molecule has 0 saturated carbocycles. The van der Waals surface area contributed by atoms with Crippen LogP contribution in [0, 0.1) is 0 Å². The van der Waals surface area contributed by atoms with Gasteiger partial charge in [-0.05, 0) is 36.8 Å². The van der Waals surface area contributed by atoms with Crippen molar-refractivity contribution in [3.05, 3.63) is 53.0 Å². The summed E-state index contributed by atoms with van der Waals surface area (Å²) in [6.45, 7) is 1.90. The number of carbonyl (C=O) groups is 2. The quantitative estimate of drug-likeness (QED) is 0.629. The molecule has 2 heterocycles. The number of nitrogens with zero attached hydrogens (tertiary/aromatic N) is 2. The van der Waals surface area contributed by atoms with Crippen LogP contribution in [-0.2, 0) is 17.8 Å². The maximum atomic E-state index is 13.1. The minimum Gasteiger partial charge on any atom is -0.493 e. The Labute approximate surface area is 172 Å². The number of para-hydroxylation sites is 1. The maximum absolute atomic E-state index is 13.1. The number of thiazole rings is 1. The summed E-state index contributed by atoms with van der Waals surface area (Å²) in [5.74, 6) is 0.925. The number of ether oxygens (including phenoxy) is 2. The highest BCUT2D eigenvalue weighted by atomic mass is 32.1. The van der Waals surface area contributed by atoms with Gasteiger partial charge < -0.3 is 14.8 Å². The zero-order valence-corrected chi connectivity index (χ0v) is 17.2. The lowest BCUT2D eigenvalue weighted by Gasteiger charge is -2.22. The van der Waals surface area contributed by atoms with Gasteiger partial charge in [-0.15, -0.1) is 11.3 Å². The van der Waals surface area contributed by atoms with E-state index in [1.54, 1.807) is 27.2 Å². The minimum atomic E-state index is -1.03. The van der Waals surface area contributed by atoms with Crippen molar-refractivity contribution < 1.29 is 19.1 Å². The van der Waals surface area contributed by atoms with Crippen molar-refractivity contribution in [1.82, 2.24) is 15.2 Å². The van der Waals surface area contributed by atoms with Crippen molar-refractivity contribution >= 4 is 33.5 Å². The number of fused-ring (bicyclic) bond motifs is 1. The molecular formula is C21H21N3O4S. The van der Waals surface area contributed by atoms with E-state index in [0.29, 0.717) is 17.9 Å². The number of imide groups is 1. The van der Waals surface area contributed by atoms with Crippen LogP contribution in [0.5, 0.6) is 11.5 Å². The van der Waals surface area contributed by atoms with E-state index in [9.17, 15) is 9.59 Å². The topological polar surface area (TPSA) is 80.8 Å². The van der Waals surface area contributed by atoms with Crippen molar-refractivity contribution in [2.75, 3.05) is 14.2 Å². The molecular weight excluding hydrogens is 390 g/mol. The number of rotatable bonds is 6. The number of amides is 3. The number of methoxy groups -OCH3 is 2. The van der Waals surface area contributed by atoms with E-state index in [1.807, 2.05) is 36.4 Å². The van der Waals surface area contributed by atoms with E-state index in [4.69, 9.17) is 9.47 Å². The number of carbonyl (C=O) groups excluding carboxylic acids is 2. The summed E-state index contributed by atoms with van der Waals surface area (Å²) in [5, 5.41) is 3.57. The SMILES string of the molecule is COc1ccc(C[C@@]2(C)NC(=O)N(Cc3nc4ccccc4s3)C2=O)cc1OC. The van der Waals surface area contributed by atoms with Crippen LogP contribution in [-0.4, -0.2) is 41.6 Å². The first-order valence-electron chi connectivity index (χ1n) is 9.13. The first kappa shape index (κ1) is 19.2. The molecule has 1 aliphatic heterocycles. The summed E-state index contributed by atoms with van der Waals surface area (Å²) in [4.78, 5) is 31.4. The van der Waals surface area contributed by atoms with Gasteiger partial charge in [0.1, 0.15) is 10.5 Å². The molecule has 150 valence electrons. The fourth-order valence-corrected chi connectivity index (χ4v) is 4.49. The Morgan fingerprint density at radius 3 is 2.59 bits per heavy atom. The van der Waals surface area contributed by atoms with Gasteiger partial charge in [-0.3, -0.25) is 9.69 Å². The van der Waals surface area contributed by atoms with Gasteiger partial charge in [-0.2, -0.15) is 0 Å². The predicted octanol–water partition coefficient (Wildman–Crippen LogP) is 3.37. The van der Waals surface area contributed by atoms with E-state index in [1.165, 1.54) is 16.2 Å². The minimum absolute atomic E-state index is 0.158. The highest BCUT2D eigenvalue weighted by Gasteiger charge is 2.48. The number of aromatic nitrogens is 1. The average molecular weight is 411 g/mol. The molecule has 0 bridgehead atoms. The summed E-state index contributed by atoms with van der Waals surface area (Å²) in [6.07, 6.45) is 0.342. The molecule has 0 spiro atoms. The van der Waals surface area contributed by atoms with E-state index >= 15 is 0 Å². The van der Waals surface area contributed by atoms with Crippen molar-refractivity contribution in [3.8, 4) is 11.5 Å². The molecule has 4 rings (SSSR count). The second kappa shape index (κ2) is 7.36. The highest BCUT2D eigenvalue weighted by Crippen LogP contribution is 2.31. The van der Waals surface area contributed by atoms with E-state index in [2.05, 4.69) is 10.3 Å². The Hall–Kier alpha value is -3.13. The van der Waals surface area contributed by atoms with Gasteiger partial charge in [-0.1, -0.05) is 18.2 Å². The largest absolute Gasteiger partial charge is 0.493 e. The zero-order valence-electron chi connectivity index (χ0n) is 16.4. The Kier molecular flexibility index (Phi) is 4.87. The normalized spacial score (nSPS) is 18.9. The molecule has 0 aliphatic carbocycles. The standard InChI is InChI=1S/C21H21N3O4S/c1-21(11-13-8-9-15(27-2)16(10-13)28-3)19(25)24(20(26)23-21)12-18-22-14-6-4-5-7-17(14)29-18/h4-10H,11-12H2,1-3H3,(H,23,26)/t21-/m1/s1. The van der Waals surface area contributed by atoms with Crippen LogP contribution < -0.4 is 14.8 Å². The Balaban J connectivity index is 1.55. The monoisotopic (exact) mass is 411 g/mol. The van der Waals surface area contributed by atoms with Gasteiger partial charge in [0.2, 0.25) is 0 Å². The molecule has 2 aromatic carbocycles. The van der Waals surface area contributed by atoms with Crippen LogP contribution in [0.4, 0.5) is 4.79 Å². The summed E-state index contributed by atoms with van der Waals surface area (Å²) in [6, 6.07) is 12.8. The van der Waals surface area contributed by atoms with Gasteiger partial charge in [0.15, 0.2) is 11.5 Å². The van der Waals surface area contributed by atoms with E-state index in [0.717, 1.165) is 20.8 Å². The molecule has 7 nitrogen and oxygen atoms in total. The molecule has 1 N–H and O–H groups in total. The van der Waals surface area contributed by atoms with Crippen LogP contribution in [0.25, 0.3) is 10.2 Å². The van der Waals surface area contributed by atoms with Crippen LogP contribution in [0.2, 0.25) is 0 Å². The second-order valence-corrected chi connectivity index (χ2v) is 8.21. The number of hydrogen-bond acceptors (Lipinski definition) is 6. The van der Waals surface area contributed by atoms with Gasteiger partial charge in [-0.25, -0.2) is 9.78 Å². The number of nitrogens with one attached hydrogen (secondary N) is 1. The molecule has 1 fully saturated rings. The van der Waals surface area contributed by atoms with Crippen LogP contribution >= 0.6 is 11.3 Å². The fourth-order valence-electron chi connectivity index (χ4n) is 3.53. The third-order valence-corrected chi connectivity index (χ3v) is 6.00. The molecule has 1 atom stereocenters. The van der Waals surface area contributed by atoms with Gasteiger partial charge in [0, 0.05) is 6.42 Å². The number of benzene rings is 2. The number of urea groups is 1. The average Bonchev–Trinajstić information content (AvgIpc) is 3.21. The van der Waals surface area contributed by atoms with Gasteiger partial charge >= 0.3 is 6.03 Å². The van der Waals surface area contributed by atoms with Crippen molar-refractivity contribution in [1.29, 1.82) is 0 Å². The molecule has 8 heteroatoms. The van der Waals surface area contributed by atoms with Crippen molar-refractivity contribution in [3.63, 3.8) is 0 Å². The molecule has 29 heavy (non-hydrogen) atoms. The Morgan fingerprint density at radius 1 is 1.10 bits per heavy atom. The second-order valence-electron chi connectivity index (χ2n) is 7.09.